The standard InChI is InChI=1S/C23H25N3O2/c1-15(2)18-10-7-17(8-11-18)9-12-21(27)25-20-6-4-5-19(14-20)23-24-16(3)13-22(28)26-23/h4-8,10-11,13-15H,9,12H2,1-3H3,(H,25,27)(H,24,26,28). The largest absolute Gasteiger partial charge is 0.326 e. The molecular formula is C23H25N3O2. The highest BCUT2D eigenvalue weighted by molar-refractivity contribution is 5.91. The summed E-state index contributed by atoms with van der Waals surface area (Å²) in [5, 5.41) is 2.92. The first-order valence-corrected chi connectivity index (χ1v) is 9.48. The van der Waals surface area contributed by atoms with E-state index in [0.717, 1.165) is 11.1 Å². The molecule has 0 radical (unpaired) electrons. The van der Waals surface area contributed by atoms with Crippen molar-refractivity contribution in [3.63, 3.8) is 0 Å². The van der Waals surface area contributed by atoms with Gasteiger partial charge in [-0.3, -0.25) is 9.59 Å². The first kappa shape index (κ1) is 19.5. The molecule has 2 N–H and O–H groups in total. The van der Waals surface area contributed by atoms with Crippen molar-refractivity contribution in [1.29, 1.82) is 0 Å². The lowest BCUT2D eigenvalue weighted by Crippen LogP contribution is -2.12. The highest BCUT2D eigenvalue weighted by atomic mass is 16.1. The summed E-state index contributed by atoms with van der Waals surface area (Å²) in [5.74, 6) is 0.949. The van der Waals surface area contributed by atoms with Gasteiger partial charge < -0.3 is 10.3 Å². The molecule has 0 aliphatic rings. The van der Waals surface area contributed by atoms with Crippen LogP contribution in [0.15, 0.2) is 59.4 Å². The molecule has 1 aromatic heterocycles. The summed E-state index contributed by atoms with van der Waals surface area (Å²) in [5.41, 5.74) is 4.34. The minimum atomic E-state index is -0.194. The van der Waals surface area contributed by atoms with Crippen LogP contribution >= 0.6 is 0 Å². The second kappa shape index (κ2) is 8.65. The zero-order chi connectivity index (χ0) is 20.1. The lowest BCUT2D eigenvalue weighted by molar-refractivity contribution is -0.116. The molecule has 0 aliphatic carbocycles. The quantitative estimate of drug-likeness (QED) is 0.669. The van der Waals surface area contributed by atoms with Gasteiger partial charge in [0.15, 0.2) is 0 Å². The number of hydrogen-bond donors (Lipinski definition) is 2. The highest BCUT2D eigenvalue weighted by Gasteiger charge is 2.07. The smallest absolute Gasteiger partial charge is 0.251 e. The monoisotopic (exact) mass is 375 g/mol. The molecule has 3 aromatic rings. The summed E-state index contributed by atoms with van der Waals surface area (Å²) in [6, 6.07) is 17.2. The van der Waals surface area contributed by atoms with Crippen molar-refractivity contribution in [3.8, 4) is 11.4 Å². The van der Waals surface area contributed by atoms with Gasteiger partial charge in [-0.2, -0.15) is 0 Å². The number of H-pyrrole nitrogens is 1. The molecule has 5 heteroatoms. The second-order valence-electron chi connectivity index (χ2n) is 7.26. The topological polar surface area (TPSA) is 74.8 Å². The summed E-state index contributed by atoms with van der Waals surface area (Å²) in [4.78, 5) is 31.1. The molecule has 0 spiro atoms. The van der Waals surface area contributed by atoms with Crippen LogP contribution in [0.4, 0.5) is 5.69 Å². The third kappa shape index (κ3) is 5.16. The van der Waals surface area contributed by atoms with Crippen LogP contribution in [-0.2, 0) is 11.2 Å². The number of aryl methyl sites for hydroxylation is 2. The van der Waals surface area contributed by atoms with Gasteiger partial charge in [0.1, 0.15) is 5.82 Å². The van der Waals surface area contributed by atoms with Crippen molar-refractivity contribution in [3.05, 3.63) is 81.8 Å². The number of hydrogen-bond acceptors (Lipinski definition) is 3. The van der Waals surface area contributed by atoms with Gasteiger partial charge in [-0.15, -0.1) is 0 Å². The summed E-state index contributed by atoms with van der Waals surface area (Å²) < 4.78 is 0. The molecule has 1 heterocycles. The minimum absolute atomic E-state index is 0.0456. The maximum atomic E-state index is 12.3. The number of rotatable bonds is 6. The number of aromatic amines is 1. The SMILES string of the molecule is Cc1cc(=O)[nH]c(-c2cccc(NC(=O)CCc3ccc(C(C)C)cc3)c2)n1. The fourth-order valence-corrected chi connectivity index (χ4v) is 3.01. The average molecular weight is 375 g/mol. The predicted molar refractivity (Wildman–Crippen MR) is 113 cm³/mol. The highest BCUT2D eigenvalue weighted by Crippen LogP contribution is 2.19. The molecule has 0 atom stereocenters. The molecule has 0 aliphatic heterocycles. The Morgan fingerprint density at radius 1 is 1.11 bits per heavy atom. The Morgan fingerprint density at radius 3 is 2.54 bits per heavy atom. The van der Waals surface area contributed by atoms with Gasteiger partial charge in [0.05, 0.1) is 0 Å². The second-order valence-corrected chi connectivity index (χ2v) is 7.26. The lowest BCUT2D eigenvalue weighted by atomic mass is 10.0. The van der Waals surface area contributed by atoms with Crippen molar-refractivity contribution in [2.24, 2.45) is 0 Å². The van der Waals surface area contributed by atoms with Crippen molar-refractivity contribution in [2.75, 3.05) is 5.32 Å². The summed E-state index contributed by atoms with van der Waals surface area (Å²) in [7, 11) is 0. The number of anilines is 1. The first-order chi connectivity index (χ1) is 13.4. The Kier molecular flexibility index (Phi) is 6.04. The number of benzene rings is 2. The van der Waals surface area contributed by atoms with Crippen molar-refractivity contribution in [2.45, 2.75) is 39.5 Å². The number of nitrogens with one attached hydrogen (secondary N) is 2. The van der Waals surface area contributed by atoms with Crippen LogP contribution in [0.2, 0.25) is 0 Å². The van der Waals surface area contributed by atoms with Crippen LogP contribution < -0.4 is 10.9 Å². The van der Waals surface area contributed by atoms with E-state index in [0.29, 0.717) is 36.0 Å². The van der Waals surface area contributed by atoms with E-state index in [1.807, 2.05) is 24.3 Å². The van der Waals surface area contributed by atoms with Crippen molar-refractivity contribution >= 4 is 11.6 Å². The Balaban J connectivity index is 1.63. The number of carbonyl (C=O) groups excluding carboxylic acids is 1. The fourth-order valence-electron chi connectivity index (χ4n) is 3.01. The average Bonchev–Trinajstić information content (AvgIpc) is 2.66. The van der Waals surface area contributed by atoms with Gasteiger partial charge in [0.2, 0.25) is 5.91 Å². The molecule has 3 rings (SSSR count). The zero-order valence-electron chi connectivity index (χ0n) is 16.5. The molecule has 5 nitrogen and oxygen atoms in total. The molecule has 0 unspecified atom stereocenters. The lowest BCUT2D eigenvalue weighted by Gasteiger charge is -2.09. The summed E-state index contributed by atoms with van der Waals surface area (Å²) >= 11 is 0. The molecule has 0 bridgehead atoms. The number of carbonyl (C=O) groups is 1. The molecule has 0 fully saturated rings. The molecule has 144 valence electrons. The Labute approximate surface area is 164 Å². The summed E-state index contributed by atoms with van der Waals surface area (Å²) in [6.45, 7) is 6.11. The number of amides is 1. The van der Waals surface area contributed by atoms with Gasteiger partial charge in [-0.05, 0) is 42.5 Å². The molecular weight excluding hydrogens is 350 g/mol. The third-order valence-electron chi connectivity index (χ3n) is 4.58. The zero-order valence-corrected chi connectivity index (χ0v) is 16.5. The van der Waals surface area contributed by atoms with Crippen LogP contribution in [0, 0.1) is 6.92 Å². The fraction of sp³-hybridized carbons (Fsp3) is 0.261. The van der Waals surface area contributed by atoms with Crippen LogP contribution in [0.3, 0.4) is 0 Å². The van der Waals surface area contributed by atoms with E-state index in [-0.39, 0.29) is 11.5 Å². The Morgan fingerprint density at radius 2 is 1.86 bits per heavy atom. The van der Waals surface area contributed by atoms with Crippen LogP contribution in [0.25, 0.3) is 11.4 Å². The number of nitrogens with zero attached hydrogens (tertiary/aromatic N) is 1. The van der Waals surface area contributed by atoms with E-state index in [2.05, 4.69) is 53.4 Å². The first-order valence-electron chi connectivity index (χ1n) is 9.48. The van der Waals surface area contributed by atoms with Crippen molar-refractivity contribution < 1.29 is 4.79 Å². The third-order valence-corrected chi connectivity index (χ3v) is 4.58. The molecule has 2 aromatic carbocycles. The molecule has 0 saturated carbocycles. The minimum Gasteiger partial charge on any atom is -0.326 e. The van der Waals surface area contributed by atoms with Crippen LogP contribution in [-0.4, -0.2) is 15.9 Å². The molecule has 0 saturated heterocycles. The van der Waals surface area contributed by atoms with E-state index >= 15 is 0 Å². The maximum Gasteiger partial charge on any atom is 0.251 e. The van der Waals surface area contributed by atoms with E-state index in [1.165, 1.54) is 11.6 Å². The predicted octanol–water partition coefficient (Wildman–Crippen LogP) is 4.44. The van der Waals surface area contributed by atoms with Gasteiger partial charge in [0.25, 0.3) is 5.56 Å². The molecule has 28 heavy (non-hydrogen) atoms. The Hall–Kier alpha value is -3.21. The van der Waals surface area contributed by atoms with Gasteiger partial charge in [0, 0.05) is 29.4 Å². The van der Waals surface area contributed by atoms with Crippen LogP contribution in [0.5, 0.6) is 0 Å². The van der Waals surface area contributed by atoms with Gasteiger partial charge in [-0.25, -0.2) is 4.98 Å². The van der Waals surface area contributed by atoms with Gasteiger partial charge >= 0.3 is 0 Å². The van der Waals surface area contributed by atoms with E-state index < -0.39 is 0 Å². The Bertz CT molecular complexity index is 1020. The van der Waals surface area contributed by atoms with E-state index in [1.54, 1.807) is 6.92 Å². The van der Waals surface area contributed by atoms with E-state index in [4.69, 9.17) is 0 Å². The summed E-state index contributed by atoms with van der Waals surface area (Å²) in [6.07, 6.45) is 1.10. The number of aromatic nitrogens is 2. The van der Waals surface area contributed by atoms with E-state index in [9.17, 15) is 9.59 Å². The van der Waals surface area contributed by atoms with Crippen molar-refractivity contribution in [1.82, 2.24) is 9.97 Å². The normalized spacial score (nSPS) is 10.9. The maximum absolute atomic E-state index is 12.3. The van der Waals surface area contributed by atoms with Crippen LogP contribution in [0.1, 0.15) is 43.0 Å². The van der Waals surface area contributed by atoms with Gasteiger partial charge in [-0.1, -0.05) is 50.2 Å². The molecule has 1 amide bonds.